The first-order valence-corrected chi connectivity index (χ1v) is 7.51. The molecule has 0 spiro atoms. The van der Waals surface area contributed by atoms with Gasteiger partial charge in [0.15, 0.2) is 0 Å². The molecule has 112 valence electrons. The number of hydrogen-bond donors (Lipinski definition) is 1. The Morgan fingerprint density at radius 3 is 2.48 bits per heavy atom. The van der Waals surface area contributed by atoms with Crippen LogP contribution in [0.5, 0.6) is 0 Å². The molecule has 0 saturated carbocycles. The summed E-state index contributed by atoms with van der Waals surface area (Å²) in [6.45, 7) is 9.72. The van der Waals surface area contributed by atoms with Gasteiger partial charge >= 0.3 is 0 Å². The third-order valence-corrected chi connectivity index (χ3v) is 3.37. The maximum Gasteiger partial charge on any atom is 0.0991 e. The first-order chi connectivity index (χ1) is 9.98. The van der Waals surface area contributed by atoms with Crippen LogP contribution in [-0.4, -0.2) is 21.6 Å². The van der Waals surface area contributed by atoms with Gasteiger partial charge in [0, 0.05) is 30.2 Å². The van der Waals surface area contributed by atoms with Crippen molar-refractivity contribution in [2.45, 2.75) is 39.7 Å². The number of hydrogen-bond acceptors (Lipinski definition) is 2. The van der Waals surface area contributed by atoms with Gasteiger partial charge in [-0.25, -0.2) is 4.98 Å². The summed E-state index contributed by atoms with van der Waals surface area (Å²) in [7, 11) is 0. The molecule has 0 aliphatic carbocycles. The molecule has 0 aliphatic heterocycles. The monoisotopic (exact) mass is 283 g/mol. The van der Waals surface area contributed by atoms with Crippen molar-refractivity contribution in [2.24, 2.45) is 0 Å². The third kappa shape index (κ3) is 4.87. The van der Waals surface area contributed by atoms with Gasteiger partial charge in [0.1, 0.15) is 0 Å². The van der Waals surface area contributed by atoms with Crippen LogP contribution in [0, 0.1) is 0 Å². The molecule has 2 aromatic rings. The van der Waals surface area contributed by atoms with Gasteiger partial charge in [0.2, 0.25) is 0 Å². The summed E-state index contributed by atoms with van der Waals surface area (Å²) < 4.78 is 2.01. The lowest BCUT2D eigenvalue weighted by atomic mass is 10.1. The Morgan fingerprint density at radius 2 is 1.95 bits per heavy atom. The predicted octanol–water partition coefficient (Wildman–Crippen LogP) is 4.05. The number of rotatable bonds is 5. The van der Waals surface area contributed by atoms with Gasteiger partial charge in [-0.2, -0.15) is 0 Å². The standard InChI is InChI=1S/C18H25N3/c1-5-15(13-20-18(2,3)4)12-16-6-8-17(9-7-16)21-11-10-19-14-21/h6-12,14,20H,5,13H2,1-4H3. The Labute approximate surface area is 127 Å². The number of benzene rings is 1. The fourth-order valence-electron chi connectivity index (χ4n) is 2.05. The molecule has 3 nitrogen and oxygen atoms in total. The summed E-state index contributed by atoms with van der Waals surface area (Å²) in [5.74, 6) is 0. The number of nitrogens with zero attached hydrogens (tertiary/aromatic N) is 2. The smallest absolute Gasteiger partial charge is 0.0991 e. The second-order valence-corrected chi connectivity index (χ2v) is 6.32. The Morgan fingerprint density at radius 1 is 1.24 bits per heavy atom. The molecule has 0 atom stereocenters. The highest BCUT2D eigenvalue weighted by Crippen LogP contribution is 2.14. The molecule has 0 aliphatic rings. The van der Waals surface area contributed by atoms with Crippen LogP contribution in [0.25, 0.3) is 11.8 Å². The number of nitrogens with one attached hydrogen (secondary N) is 1. The normalized spacial score (nSPS) is 12.7. The summed E-state index contributed by atoms with van der Waals surface area (Å²) in [6.07, 6.45) is 8.90. The average molecular weight is 283 g/mol. The van der Waals surface area contributed by atoms with E-state index in [1.807, 2.05) is 17.1 Å². The van der Waals surface area contributed by atoms with E-state index < -0.39 is 0 Å². The fraction of sp³-hybridized carbons (Fsp3) is 0.389. The Hall–Kier alpha value is -1.87. The Kier molecular flexibility index (Phi) is 4.97. The average Bonchev–Trinajstić information content (AvgIpc) is 2.97. The molecule has 3 heteroatoms. The molecular formula is C18H25N3. The second kappa shape index (κ2) is 6.72. The van der Waals surface area contributed by atoms with Crippen LogP contribution in [0.1, 0.15) is 39.7 Å². The maximum atomic E-state index is 4.07. The van der Waals surface area contributed by atoms with Crippen molar-refractivity contribution >= 4 is 6.08 Å². The first-order valence-electron chi connectivity index (χ1n) is 7.51. The minimum atomic E-state index is 0.152. The Balaban J connectivity index is 2.08. The summed E-state index contributed by atoms with van der Waals surface area (Å²) in [5, 5.41) is 3.55. The van der Waals surface area contributed by atoms with Crippen molar-refractivity contribution in [1.82, 2.24) is 14.9 Å². The molecule has 1 aromatic carbocycles. The first kappa shape index (κ1) is 15.5. The Bertz CT molecular complexity index is 572. The molecule has 1 N–H and O–H groups in total. The molecule has 0 bridgehead atoms. The summed E-state index contributed by atoms with van der Waals surface area (Å²) in [6, 6.07) is 8.56. The van der Waals surface area contributed by atoms with Crippen molar-refractivity contribution in [3.8, 4) is 5.69 Å². The lowest BCUT2D eigenvalue weighted by molar-refractivity contribution is 0.443. The molecule has 0 saturated heterocycles. The number of aromatic nitrogens is 2. The molecule has 2 rings (SSSR count). The lowest BCUT2D eigenvalue weighted by Gasteiger charge is -2.21. The highest BCUT2D eigenvalue weighted by molar-refractivity contribution is 5.55. The molecule has 0 radical (unpaired) electrons. The molecule has 0 amide bonds. The van der Waals surface area contributed by atoms with E-state index in [2.05, 4.69) is 68.3 Å². The quantitative estimate of drug-likeness (QED) is 0.897. The largest absolute Gasteiger partial charge is 0.308 e. The van der Waals surface area contributed by atoms with Crippen molar-refractivity contribution < 1.29 is 0 Å². The van der Waals surface area contributed by atoms with E-state index in [1.54, 1.807) is 6.20 Å². The SMILES string of the molecule is CCC(=Cc1ccc(-n2ccnc2)cc1)CNC(C)(C)C. The van der Waals surface area contributed by atoms with Crippen LogP contribution in [0.4, 0.5) is 0 Å². The van der Waals surface area contributed by atoms with Crippen molar-refractivity contribution in [2.75, 3.05) is 6.54 Å². The van der Waals surface area contributed by atoms with Gasteiger partial charge in [0.25, 0.3) is 0 Å². The van der Waals surface area contributed by atoms with Crippen molar-refractivity contribution in [1.29, 1.82) is 0 Å². The minimum absolute atomic E-state index is 0.152. The highest BCUT2D eigenvalue weighted by Gasteiger charge is 2.08. The van der Waals surface area contributed by atoms with E-state index in [0.717, 1.165) is 18.7 Å². The van der Waals surface area contributed by atoms with Crippen molar-refractivity contribution in [3.05, 3.63) is 54.1 Å². The summed E-state index contributed by atoms with van der Waals surface area (Å²) in [4.78, 5) is 4.07. The molecule has 0 fully saturated rings. The van der Waals surface area contributed by atoms with Crippen LogP contribution in [-0.2, 0) is 0 Å². The summed E-state index contributed by atoms with van der Waals surface area (Å²) in [5.41, 5.74) is 3.95. The van der Waals surface area contributed by atoms with E-state index in [9.17, 15) is 0 Å². The highest BCUT2D eigenvalue weighted by atomic mass is 15.0. The van der Waals surface area contributed by atoms with Gasteiger partial charge in [-0.15, -0.1) is 0 Å². The summed E-state index contributed by atoms with van der Waals surface area (Å²) >= 11 is 0. The zero-order chi connectivity index (χ0) is 15.3. The van der Waals surface area contributed by atoms with Gasteiger partial charge < -0.3 is 9.88 Å². The van der Waals surface area contributed by atoms with Crippen LogP contribution in [0.15, 0.2) is 48.6 Å². The predicted molar refractivity (Wildman–Crippen MR) is 89.6 cm³/mol. The molecular weight excluding hydrogens is 258 g/mol. The van der Waals surface area contributed by atoms with E-state index >= 15 is 0 Å². The van der Waals surface area contributed by atoms with E-state index in [4.69, 9.17) is 0 Å². The van der Waals surface area contributed by atoms with Crippen LogP contribution in [0.2, 0.25) is 0 Å². The van der Waals surface area contributed by atoms with Gasteiger partial charge in [0.05, 0.1) is 6.33 Å². The minimum Gasteiger partial charge on any atom is -0.308 e. The van der Waals surface area contributed by atoms with E-state index in [-0.39, 0.29) is 5.54 Å². The zero-order valence-corrected chi connectivity index (χ0v) is 13.4. The number of imidazole rings is 1. The topological polar surface area (TPSA) is 29.9 Å². The lowest BCUT2D eigenvalue weighted by Crippen LogP contribution is -2.36. The maximum absolute atomic E-state index is 4.07. The molecule has 1 aromatic heterocycles. The van der Waals surface area contributed by atoms with Crippen LogP contribution >= 0.6 is 0 Å². The van der Waals surface area contributed by atoms with Crippen LogP contribution in [0.3, 0.4) is 0 Å². The van der Waals surface area contributed by atoms with Gasteiger partial charge in [-0.05, 0) is 44.9 Å². The van der Waals surface area contributed by atoms with Crippen molar-refractivity contribution in [3.63, 3.8) is 0 Å². The molecule has 1 heterocycles. The second-order valence-electron chi connectivity index (χ2n) is 6.32. The van der Waals surface area contributed by atoms with E-state index in [1.165, 1.54) is 11.1 Å². The molecule has 0 unspecified atom stereocenters. The van der Waals surface area contributed by atoms with Gasteiger partial charge in [-0.1, -0.05) is 30.7 Å². The fourth-order valence-corrected chi connectivity index (χ4v) is 2.05. The molecule has 21 heavy (non-hydrogen) atoms. The van der Waals surface area contributed by atoms with E-state index in [0.29, 0.717) is 0 Å². The van der Waals surface area contributed by atoms with Gasteiger partial charge in [-0.3, -0.25) is 0 Å². The zero-order valence-electron chi connectivity index (χ0n) is 13.4. The van der Waals surface area contributed by atoms with Crippen LogP contribution < -0.4 is 5.32 Å². The third-order valence-electron chi connectivity index (χ3n) is 3.37.